The Labute approximate surface area is 134 Å². The van der Waals surface area contributed by atoms with Gasteiger partial charge in [0.1, 0.15) is 16.5 Å². The molecule has 0 radical (unpaired) electrons. The van der Waals surface area contributed by atoms with Gasteiger partial charge >= 0.3 is 0 Å². The van der Waals surface area contributed by atoms with Gasteiger partial charge < -0.3 is 5.32 Å². The summed E-state index contributed by atoms with van der Waals surface area (Å²) in [5.74, 6) is 4.42. The SMILES string of the molecule is CNc1nc(CN2CCCSCC2)nc2sc(C)c(C)c12. The third-order valence-electron chi connectivity index (χ3n) is 3.99. The number of rotatable bonds is 3. The molecule has 1 fully saturated rings. The Hall–Kier alpha value is -0.850. The monoisotopic (exact) mass is 322 g/mol. The van der Waals surface area contributed by atoms with E-state index in [-0.39, 0.29) is 0 Å². The highest BCUT2D eigenvalue weighted by Crippen LogP contribution is 2.33. The van der Waals surface area contributed by atoms with Gasteiger partial charge in [0.25, 0.3) is 0 Å². The molecule has 1 aliphatic rings. The van der Waals surface area contributed by atoms with Gasteiger partial charge in [-0.2, -0.15) is 11.8 Å². The first kappa shape index (κ1) is 15.1. The molecule has 0 aliphatic carbocycles. The second-order valence-electron chi connectivity index (χ2n) is 5.44. The van der Waals surface area contributed by atoms with E-state index in [0.29, 0.717) is 0 Å². The van der Waals surface area contributed by atoms with Crippen molar-refractivity contribution in [3.05, 3.63) is 16.3 Å². The van der Waals surface area contributed by atoms with Crippen molar-refractivity contribution in [2.75, 3.05) is 37.0 Å². The fraction of sp³-hybridized carbons (Fsp3) is 0.600. The lowest BCUT2D eigenvalue weighted by molar-refractivity contribution is 0.281. The van der Waals surface area contributed by atoms with Crippen LogP contribution < -0.4 is 5.32 Å². The standard InChI is InChI=1S/C15H22N4S2/c1-10-11(2)21-15-13(10)14(16-3)17-12(18-15)9-19-5-4-7-20-8-6-19/h4-9H2,1-3H3,(H,16,17,18). The molecule has 0 saturated carbocycles. The quantitative estimate of drug-likeness (QED) is 0.939. The zero-order chi connectivity index (χ0) is 14.8. The van der Waals surface area contributed by atoms with E-state index in [9.17, 15) is 0 Å². The summed E-state index contributed by atoms with van der Waals surface area (Å²) in [7, 11) is 1.95. The second-order valence-corrected chi connectivity index (χ2v) is 7.87. The molecule has 3 heterocycles. The first-order chi connectivity index (χ1) is 10.2. The molecule has 1 aliphatic heterocycles. The van der Waals surface area contributed by atoms with Crippen molar-refractivity contribution in [2.24, 2.45) is 0 Å². The van der Waals surface area contributed by atoms with Gasteiger partial charge in [-0.3, -0.25) is 4.90 Å². The van der Waals surface area contributed by atoms with Gasteiger partial charge in [0.2, 0.25) is 0 Å². The van der Waals surface area contributed by atoms with Crippen molar-refractivity contribution < 1.29 is 0 Å². The highest BCUT2D eigenvalue weighted by molar-refractivity contribution is 7.99. The molecule has 2 aromatic heterocycles. The number of nitrogens with one attached hydrogen (secondary N) is 1. The van der Waals surface area contributed by atoms with Gasteiger partial charge in [-0.15, -0.1) is 11.3 Å². The Balaban J connectivity index is 1.92. The van der Waals surface area contributed by atoms with E-state index in [1.54, 1.807) is 11.3 Å². The van der Waals surface area contributed by atoms with Gasteiger partial charge in [0.15, 0.2) is 0 Å². The fourth-order valence-electron chi connectivity index (χ4n) is 2.70. The number of anilines is 1. The van der Waals surface area contributed by atoms with Crippen LogP contribution in [0.3, 0.4) is 0 Å². The lowest BCUT2D eigenvalue weighted by atomic mass is 10.2. The molecule has 2 aromatic rings. The highest BCUT2D eigenvalue weighted by Gasteiger charge is 2.16. The Morgan fingerprint density at radius 1 is 1.19 bits per heavy atom. The zero-order valence-corrected chi connectivity index (χ0v) is 14.5. The number of thioether (sulfide) groups is 1. The minimum Gasteiger partial charge on any atom is -0.372 e. The zero-order valence-electron chi connectivity index (χ0n) is 12.9. The molecule has 21 heavy (non-hydrogen) atoms. The maximum atomic E-state index is 4.81. The van der Waals surface area contributed by atoms with Crippen molar-refractivity contribution in [1.29, 1.82) is 0 Å². The molecule has 0 unspecified atom stereocenters. The van der Waals surface area contributed by atoms with E-state index in [2.05, 4.69) is 35.8 Å². The van der Waals surface area contributed by atoms with Crippen LogP contribution in [-0.4, -0.2) is 46.5 Å². The number of aromatic nitrogens is 2. The molecule has 0 aromatic carbocycles. The number of hydrogen-bond acceptors (Lipinski definition) is 6. The summed E-state index contributed by atoms with van der Waals surface area (Å²) in [6.07, 6.45) is 1.27. The number of thiophene rings is 1. The Morgan fingerprint density at radius 3 is 2.86 bits per heavy atom. The molecule has 0 bridgehead atoms. The predicted octanol–water partition coefficient (Wildman–Crippen LogP) is 3.29. The minimum absolute atomic E-state index is 0.862. The van der Waals surface area contributed by atoms with Crippen molar-refractivity contribution in [3.63, 3.8) is 0 Å². The van der Waals surface area contributed by atoms with Crippen molar-refractivity contribution >= 4 is 39.1 Å². The molecule has 4 nitrogen and oxygen atoms in total. The van der Waals surface area contributed by atoms with Crippen LogP contribution in [-0.2, 0) is 6.54 Å². The molecule has 0 amide bonds. The Bertz CT molecular complexity index is 630. The summed E-state index contributed by atoms with van der Waals surface area (Å²) in [6, 6.07) is 0. The first-order valence-corrected chi connectivity index (χ1v) is 9.40. The molecular formula is C15H22N4S2. The van der Waals surface area contributed by atoms with Crippen LogP contribution in [0, 0.1) is 13.8 Å². The molecule has 1 saturated heterocycles. The second kappa shape index (κ2) is 6.50. The van der Waals surface area contributed by atoms with Gasteiger partial charge in [-0.05, 0) is 38.1 Å². The van der Waals surface area contributed by atoms with Crippen LogP contribution in [0.5, 0.6) is 0 Å². The number of fused-ring (bicyclic) bond motifs is 1. The lowest BCUT2D eigenvalue weighted by Crippen LogP contribution is -2.26. The van der Waals surface area contributed by atoms with E-state index >= 15 is 0 Å². The maximum Gasteiger partial charge on any atom is 0.146 e. The average Bonchev–Trinajstić information content (AvgIpc) is 2.68. The van der Waals surface area contributed by atoms with E-state index in [0.717, 1.165) is 36.1 Å². The molecule has 6 heteroatoms. The smallest absolute Gasteiger partial charge is 0.146 e. The van der Waals surface area contributed by atoms with Crippen LogP contribution in [0.1, 0.15) is 22.7 Å². The van der Waals surface area contributed by atoms with E-state index < -0.39 is 0 Å². The third-order valence-corrected chi connectivity index (χ3v) is 6.14. The van der Waals surface area contributed by atoms with Gasteiger partial charge in [-0.25, -0.2) is 9.97 Å². The van der Waals surface area contributed by atoms with Gasteiger partial charge in [-0.1, -0.05) is 0 Å². The van der Waals surface area contributed by atoms with Crippen molar-refractivity contribution in [3.8, 4) is 0 Å². The molecule has 0 atom stereocenters. The van der Waals surface area contributed by atoms with E-state index in [4.69, 9.17) is 9.97 Å². The first-order valence-electron chi connectivity index (χ1n) is 7.43. The fourth-order valence-corrected chi connectivity index (χ4v) is 4.67. The van der Waals surface area contributed by atoms with E-state index in [1.807, 2.05) is 7.05 Å². The molecule has 114 valence electrons. The summed E-state index contributed by atoms with van der Waals surface area (Å²) in [4.78, 5) is 14.5. The lowest BCUT2D eigenvalue weighted by Gasteiger charge is -2.18. The molecular weight excluding hydrogens is 300 g/mol. The summed E-state index contributed by atoms with van der Waals surface area (Å²) in [5, 5.41) is 4.44. The molecule has 3 rings (SSSR count). The van der Waals surface area contributed by atoms with E-state index in [1.165, 1.54) is 33.8 Å². The number of nitrogens with zero attached hydrogens (tertiary/aromatic N) is 3. The number of hydrogen-bond donors (Lipinski definition) is 1. The Morgan fingerprint density at radius 2 is 2.05 bits per heavy atom. The maximum absolute atomic E-state index is 4.81. The summed E-state index contributed by atoms with van der Waals surface area (Å²) in [5.41, 5.74) is 1.30. The van der Waals surface area contributed by atoms with Gasteiger partial charge in [0, 0.05) is 24.2 Å². The summed E-state index contributed by atoms with van der Waals surface area (Å²) >= 11 is 3.83. The van der Waals surface area contributed by atoms with Crippen molar-refractivity contribution in [2.45, 2.75) is 26.8 Å². The van der Waals surface area contributed by atoms with Crippen LogP contribution >= 0.6 is 23.1 Å². The van der Waals surface area contributed by atoms with Crippen LogP contribution in [0.25, 0.3) is 10.2 Å². The molecule has 0 spiro atoms. The largest absolute Gasteiger partial charge is 0.372 e. The Kier molecular flexibility index (Phi) is 4.66. The highest BCUT2D eigenvalue weighted by atomic mass is 32.2. The number of aryl methyl sites for hydroxylation is 2. The minimum atomic E-state index is 0.862. The van der Waals surface area contributed by atoms with Crippen LogP contribution in [0.15, 0.2) is 0 Å². The van der Waals surface area contributed by atoms with Crippen LogP contribution in [0.2, 0.25) is 0 Å². The molecule has 1 N–H and O–H groups in total. The topological polar surface area (TPSA) is 41.1 Å². The normalized spacial score (nSPS) is 17.1. The average molecular weight is 323 g/mol. The summed E-state index contributed by atoms with van der Waals surface area (Å²) in [6.45, 7) is 7.48. The van der Waals surface area contributed by atoms with Gasteiger partial charge in [0.05, 0.1) is 11.9 Å². The van der Waals surface area contributed by atoms with Crippen molar-refractivity contribution in [1.82, 2.24) is 14.9 Å². The predicted molar refractivity (Wildman–Crippen MR) is 93.7 cm³/mol. The third kappa shape index (κ3) is 3.17. The van der Waals surface area contributed by atoms with Crippen LogP contribution in [0.4, 0.5) is 5.82 Å². The summed E-state index contributed by atoms with van der Waals surface area (Å²) < 4.78 is 0.